The Morgan fingerprint density at radius 3 is 2.15 bits per heavy atom. The number of carbonyl (C=O) groups is 5. The fraction of sp³-hybridized carbons (Fsp3) is 0.571. The van der Waals surface area contributed by atoms with Gasteiger partial charge >= 0.3 is 17.9 Å². The van der Waals surface area contributed by atoms with Crippen LogP contribution in [0.3, 0.4) is 0 Å². The van der Waals surface area contributed by atoms with Crippen LogP contribution in [0.2, 0.25) is 0 Å². The van der Waals surface area contributed by atoms with Crippen molar-refractivity contribution in [2.75, 3.05) is 40.0 Å². The van der Waals surface area contributed by atoms with Crippen LogP contribution in [0.4, 0.5) is 0 Å². The predicted octanol–water partition coefficient (Wildman–Crippen LogP) is -1.04. The average Bonchev–Trinajstić information content (AvgIpc) is 3.31. The zero-order valence-electron chi connectivity index (χ0n) is 21.6. The van der Waals surface area contributed by atoms with Crippen LogP contribution in [0, 0.1) is 0 Å². The zero-order chi connectivity index (χ0) is 29.7. The van der Waals surface area contributed by atoms with Crippen molar-refractivity contribution >= 4 is 60.9 Å². The Morgan fingerprint density at radius 1 is 1.05 bits per heavy atom. The Labute approximate surface area is 229 Å². The number of esters is 3. The van der Waals surface area contributed by atoms with E-state index in [4.69, 9.17) is 9.88 Å². The SMILES string of the molecule is CCN(C(=O)CN(C)C(=O)COC(=O)COC(=O)COC(C)=O)[C@H]1C[C@H](C)S(=O)(=O)c2sc(S(N)(=O)=O)cc21. The molecule has 0 saturated heterocycles. The lowest BCUT2D eigenvalue weighted by atomic mass is 10.0. The second-order valence-corrected chi connectivity index (χ2v) is 13.9. The van der Waals surface area contributed by atoms with Gasteiger partial charge in [0.2, 0.25) is 15.9 Å². The molecule has 218 valence electrons. The van der Waals surface area contributed by atoms with Crippen molar-refractivity contribution < 1.29 is 55.0 Å². The van der Waals surface area contributed by atoms with Crippen LogP contribution in [0.1, 0.15) is 38.8 Å². The summed E-state index contributed by atoms with van der Waals surface area (Å²) in [5.74, 6) is -4.09. The smallest absolute Gasteiger partial charge is 0.344 e. The summed E-state index contributed by atoms with van der Waals surface area (Å²) in [5, 5.41) is 4.29. The molecule has 0 radical (unpaired) electrons. The van der Waals surface area contributed by atoms with E-state index in [9.17, 15) is 40.8 Å². The number of fused-ring (bicyclic) bond motifs is 1. The number of hydrogen-bond acceptors (Lipinski definition) is 13. The molecule has 2 heterocycles. The van der Waals surface area contributed by atoms with E-state index in [1.807, 2.05) is 0 Å². The quantitative estimate of drug-likeness (QED) is 0.235. The Bertz CT molecular complexity index is 1350. The summed E-state index contributed by atoms with van der Waals surface area (Å²) in [5.41, 5.74) is 0.142. The molecule has 0 spiro atoms. The zero-order valence-corrected chi connectivity index (χ0v) is 24.0. The van der Waals surface area contributed by atoms with Crippen LogP contribution in [-0.2, 0) is 58.0 Å². The Hall–Kier alpha value is -3.09. The van der Waals surface area contributed by atoms with Crippen LogP contribution >= 0.6 is 11.3 Å². The van der Waals surface area contributed by atoms with Crippen molar-refractivity contribution in [1.82, 2.24) is 9.80 Å². The Balaban J connectivity index is 2.04. The van der Waals surface area contributed by atoms with Gasteiger partial charge in [-0.1, -0.05) is 0 Å². The molecule has 1 aliphatic heterocycles. The van der Waals surface area contributed by atoms with Crippen LogP contribution in [0.25, 0.3) is 0 Å². The molecule has 2 rings (SSSR count). The van der Waals surface area contributed by atoms with E-state index in [0.29, 0.717) is 11.3 Å². The maximum absolute atomic E-state index is 13.1. The van der Waals surface area contributed by atoms with Crippen molar-refractivity contribution in [2.45, 2.75) is 46.9 Å². The molecule has 0 fully saturated rings. The fourth-order valence-corrected chi connectivity index (χ4v) is 7.99. The predicted molar refractivity (Wildman–Crippen MR) is 133 cm³/mol. The molecule has 0 aromatic carbocycles. The normalized spacial score (nSPS) is 17.9. The molecule has 1 aromatic heterocycles. The first-order chi connectivity index (χ1) is 18.0. The van der Waals surface area contributed by atoms with Crippen molar-refractivity contribution in [1.29, 1.82) is 0 Å². The first-order valence-corrected chi connectivity index (χ1v) is 15.3. The number of thiophene rings is 1. The summed E-state index contributed by atoms with van der Waals surface area (Å²) in [7, 11) is -6.74. The Morgan fingerprint density at radius 2 is 1.62 bits per heavy atom. The topological polar surface area (TPSA) is 214 Å². The summed E-state index contributed by atoms with van der Waals surface area (Å²) in [6.45, 7) is 1.56. The van der Waals surface area contributed by atoms with E-state index in [1.54, 1.807) is 6.92 Å². The molecule has 0 aliphatic carbocycles. The van der Waals surface area contributed by atoms with Gasteiger partial charge in [-0.3, -0.25) is 14.4 Å². The maximum Gasteiger partial charge on any atom is 0.344 e. The number of rotatable bonds is 11. The molecule has 0 saturated carbocycles. The monoisotopic (exact) mass is 611 g/mol. The van der Waals surface area contributed by atoms with E-state index in [-0.39, 0.29) is 26.9 Å². The van der Waals surface area contributed by atoms with E-state index in [1.165, 1.54) is 18.9 Å². The molecule has 2 atom stereocenters. The number of ether oxygens (including phenoxy) is 3. The van der Waals surface area contributed by atoms with Gasteiger partial charge in [0, 0.05) is 26.1 Å². The van der Waals surface area contributed by atoms with Crippen LogP contribution in [0.15, 0.2) is 14.5 Å². The van der Waals surface area contributed by atoms with Crippen LogP contribution in [-0.4, -0.2) is 102 Å². The highest BCUT2D eigenvalue weighted by atomic mass is 32.3. The maximum atomic E-state index is 13.1. The molecule has 0 unspecified atom stereocenters. The number of sulfonamides is 1. The largest absolute Gasteiger partial charge is 0.454 e. The molecular formula is C21H29N3O12S3. The molecule has 15 nitrogen and oxygen atoms in total. The highest BCUT2D eigenvalue weighted by molar-refractivity contribution is 7.95. The van der Waals surface area contributed by atoms with Gasteiger partial charge in [0.05, 0.1) is 17.8 Å². The highest BCUT2D eigenvalue weighted by Gasteiger charge is 2.42. The minimum absolute atomic E-state index is 0.00115. The lowest BCUT2D eigenvalue weighted by Crippen LogP contribution is -2.45. The number of carbonyl (C=O) groups excluding carboxylic acids is 5. The van der Waals surface area contributed by atoms with Crippen molar-refractivity contribution in [2.24, 2.45) is 5.14 Å². The van der Waals surface area contributed by atoms with Crippen molar-refractivity contribution in [3.05, 3.63) is 11.6 Å². The van der Waals surface area contributed by atoms with Crippen molar-refractivity contribution in [3.63, 3.8) is 0 Å². The lowest BCUT2D eigenvalue weighted by Gasteiger charge is -2.36. The number of hydrogen-bond donors (Lipinski definition) is 1. The third-order valence-electron chi connectivity index (χ3n) is 5.62. The first-order valence-electron chi connectivity index (χ1n) is 11.4. The molecule has 39 heavy (non-hydrogen) atoms. The minimum atomic E-state index is -4.19. The fourth-order valence-electron chi connectivity index (χ4n) is 3.59. The van der Waals surface area contributed by atoms with Gasteiger partial charge in [0.15, 0.2) is 29.7 Å². The molecule has 2 amide bonds. The summed E-state index contributed by atoms with van der Waals surface area (Å²) in [6.07, 6.45) is 0.00115. The van der Waals surface area contributed by atoms with Gasteiger partial charge < -0.3 is 24.0 Å². The van der Waals surface area contributed by atoms with E-state index < -0.39 is 87.2 Å². The van der Waals surface area contributed by atoms with Crippen LogP contribution in [0.5, 0.6) is 0 Å². The first kappa shape index (κ1) is 32.1. The number of nitrogens with zero attached hydrogens (tertiary/aromatic N) is 2. The molecule has 0 bridgehead atoms. The molecule has 1 aliphatic rings. The average molecular weight is 612 g/mol. The summed E-state index contributed by atoms with van der Waals surface area (Å²) in [4.78, 5) is 61.5. The minimum Gasteiger partial charge on any atom is -0.454 e. The number of likely N-dealkylation sites (N-methyl/N-ethyl adjacent to an activating group) is 2. The standard InChI is InChI=1S/C21H29N3O12S3/c1-5-24(15-6-12(2)38(30,31)21-14(15)7-20(37-21)39(22,32)33)16(26)8-23(4)17(27)9-35-19(29)11-36-18(28)10-34-13(3)25/h7,12,15H,5-6,8-11H2,1-4H3,(H2,22,32,33)/t12-,15-/m0/s1. The van der Waals surface area contributed by atoms with Gasteiger partial charge in [-0.15, -0.1) is 11.3 Å². The molecule has 2 N–H and O–H groups in total. The Kier molecular flexibility index (Phi) is 10.6. The van der Waals surface area contributed by atoms with E-state index >= 15 is 0 Å². The van der Waals surface area contributed by atoms with Gasteiger partial charge in [-0.25, -0.2) is 31.6 Å². The third-order valence-corrected chi connectivity index (χ3v) is 10.9. The highest BCUT2D eigenvalue weighted by Crippen LogP contribution is 2.45. The summed E-state index contributed by atoms with van der Waals surface area (Å²) < 4.78 is 62.6. The van der Waals surface area contributed by atoms with Crippen molar-refractivity contribution in [3.8, 4) is 0 Å². The van der Waals surface area contributed by atoms with Gasteiger partial charge in [-0.2, -0.15) is 0 Å². The molecule has 1 aromatic rings. The number of amides is 2. The van der Waals surface area contributed by atoms with Gasteiger partial charge in [0.1, 0.15) is 8.42 Å². The number of nitrogens with two attached hydrogens (primary N) is 1. The second-order valence-electron chi connectivity index (χ2n) is 8.49. The third kappa shape index (κ3) is 8.20. The second kappa shape index (κ2) is 12.8. The van der Waals surface area contributed by atoms with Crippen LogP contribution < -0.4 is 5.14 Å². The van der Waals surface area contributed by atoms with Gasteiger partial charge in [-0.05, 0) is 26.3 Å². The number of primary sulfonamides is 1. The van der Waals surface area contributed by atoms with E-state index in [2.05, 4.69) is 9.47 Å². The van der Waals surface area contributed by atoms with E-state index in [0.717, 1.165) is 17.9 Å². The van der Waals surface area contributed by atoms with Gasteiger partial charge in [0.25, 0.3) is 5.91 Å². The number of sulfone groups is 1. The molecular weight excluding hydrogens is 582 g/mol. The molecule has 18 heteroatoms. The summed E-state index contributed by atoms with van der Waals surface area (Å²) in [6, 6.07) is 0.373. The lowest BCUT2D eigenvalue weighted by molar-refractivity contribution is -0.165. The summed E-state index contributed by atoms with van der Waals surface area (Å²) >= 11 is 0.529.